The van der Waals surface area contributed by atoms with Crippen molar-refractivity contribution >= 4 is 23.5 Å². The third-order valence-electron chi connectivity index (χ3n) is 5.56. The van der Waals surface area contributed by atoms with Gasteiger partial charge in [0.1, 0.15) is 5.15 Å². The summed E-state index contributed by atoms with van der Waals surface area (Å²) in [5, 5.41) is 7.54. The Labute approximate surface area is 216 Å². The van der Waals surface area contributed by atoms with Crippen LogP contribution >= 0.6 is 11.6 Å². The number of hydrogen-bond donors (Lipinski definition) is 2. The number of halogens is 4. The third kappa shape index (κ3) is 8.10. The van der Waals surface area contributed by atoms with Crippen LogP contribution in [-0.2, 0) is 11.3 Å². The predicted molar refractivity (Wildman–Crippen MR) is 130 cm³/mol. The number of benzene rings is 1. The van der Waals surface area contributed by atoms with E-state index >= 15 is 0 Å². The molecule has 4 rings (SSSR count). The van der Waals surface area contributed by atoms with Crippen molar-refractivity contribution in [1.82, 2.24) is 9.88 Å². The summed E-state index contributed by atoms with van der Waals surface area (Å²) in [6.07, 6.45) is -1.63. The van der Waals surface area contributed by atoms with E-state index in [-0.39, 0.29) is 5.91 Å². The minimum atomic E-state index is -5.08. The molecule has 194 valence electrons. The predicted octanol–water partition coefficient (Wildman–Crippen LogP) is 4.84. The molecular formula is C26H23ClF3N3O4. The van der Waals surface area contributed by atoms with E-state index in [1.54, 1.807) is 30.5 Å². The summed E-state index contributed by atoms with van der Waals surface area (Å²) in [4.78, 5) is 27.5. The lowest BCUT2D eigenvalue weighted by Gasteiger charge is -2.31. The Morgan fingerprint density at radius 2 is 1.84 bits per heavy atom. The molecule has 7 nitrogen and oxygen atoms in total. The van der Waals surface area contributed by atoms with Gasteiger partial charge in [0, 0.05) is 31.4 Å². The Hall–Kier alpha value is -3.81. The fourth-order valence-electron chi connectivity index (χ4n) is 3.65. The first-order valence-electron chi connectivity index (χ1n) is 11.2. The fourth-order valence-corrected chi connectivity index (χ4v) is 3.76. The summed E-state index contributed by atoms with van der Waals surface area (Å²) < 4.78 is 37.4. The van der Waals surface area contributed by atoms with Gasteiger partial charge in [-0.1, -0.05) is 41.8 Å². The Balaban J connectivity index is 0.000000479. The number of pyridine rings is 1. The van der Waals surface area contributed by atoms with E-state index < -0.39 is 12.1 Å². The zero-order valence-corrected chi connectivity index (χ0v) is 20.2. The molecule has 0 bridgehead atoms. The molecule has 1 aliphatic heterocycles. The van der Waals surface area contributed by atoms with Crippen LogP contribution in [0.3, 0.4) is 0 Å². The standard InChI is InChI=1S/C24H22ClN3O2.C2HF3O2/c25-23-9-5-17(16-27-23)4-6-21-7-8-22(30-21)24(29)28-12-10-19(11-13-28)20-3-1-2-18(14-20)15-26;3-2(4,5)1(6)7/h1-3,5,7-9,14,16,19H,10-13,15,26H2;(H,6,7). The minimum absolute atomic E-state index is 0.0923. The number of piperidine rings is 1. The second-order valence-electron chi connectivity index (χ2n) is 8.10. The van der Waals surface area contributed by atoms with Crippen molar-refractivity contribution in [2.45, 2.75) is 31.5 Å². The molecule has 2 aromatic heterocycles. The molecule has 0 saturated carbocycles. The van der Waals surface area contributed by atoms with Gasteiger partial charge in [-0.15, -0.1) is 0 Å². The molecule has 11 heteroatoms. The van der Waals surface area contributed by atoms with Gasteiger partial charge in [0.25, 0.3) is 5.91 Å². The summed E-state index contributed by atoms with van der Waals surface area (Å²) >= 11 is 5.77. The van der Waals surface area contributed by atoms with Gasteiger partial charge in [0.05, 0.1) is 0 Å². The molecule has 1 saturated heterocycles. The monoisotopic (exact) mass is 533 g/mol. The van der Waals surface area contributed by atoms with Gasteiger partial charge in [0.2, 0.25) is 0 Å². The lowest BCUT2D eigenvalue weighted by Crippen LogP contribution is -2.37. The number of carboxylic acid groups (broad SMARTS) is 1. The van der Waals surface area contributed by atoms with E-state index in [0.717, 1.165) is 24.0 Å². The smallest absolute Gasteiger partial charge is 0.475 e. The summed E-state index contributed by atoms with van der Waals surface area (Å²) in [7, 11) is 0. The highest BCUT2D eigenvalue weighted by Crippen LogP contribution is 2.29. The number of likely N-dealkylation sites (tertiary alicyclic amines) is 1. The number of carboxylic acids is 1. The van der Waals surface area contributed by atoms with Crippen molar-refractivity contribution in [3.05, 3.63) is 88.1 Å². The second kappa shape index (κ2) is 12.4. The topological polar surface area (TPSA) is 110 Å². The Kier molecular flexibility index (Phi) is 9.33. The first kappa shape index (κ1) is 27.8. The minimum Gasteiger partial charge on any atom is -0.475 e. The quantitative estimate of drug-likeness (QED) is 0.368. The number of rotatable bonds is 3. The maximum absolute atomic E-state index is 12.8. The van der Waals surface area contributed by atoms with Gasteiger partial charge in [-0.05, 0) is 60.1 Å². The average molecular weight is 534 g/mol. The zero-order chi connectivity index (χ0) is 27.0. The number of nitrogens with zero attached hydrogens (tertiary/aromatic N) is 2. The molecule has 3 N–H and O–H groups in total. The summed E-state index contributed by atoms with van der Waals surface area (Å²) in [6.45, 7) is 1.95. The number of nitrogens with two attached hydrogens (primary N) is 1. The van der Waals surface area contributed by atoms with E-state index in [1.807, 2.05) is 11.0 Å². The molecule has 1 amide bonds. The van der Waals surface area contributed by atoms with Gasteiger partial charge in [-0.3, -0.25) is 4.79 Å². The van der Waals surface area contributed by atoms with Crippen molar-refractivity contribution in [1.29, 1.82) is 0 Å². The number of aromatic nitrogens is 1. The number of amides is 1. The summed E-state index contributed by atoms with van der Waals surface area (Å²) in [5.74, 6) is 4.24. The second-order valence-corrected chi connectivity index (χ2v) is 8.49. The van der Waals surface area contributed by atoms with Crippen LogP contribution in [0.2, 0.25) is 5.15 Å². The van der Waals surface area contributed by atoms with Crippen LogP contribution in [0.5, 0.6) is 0 Å². The van der Waals surface area contributed by atoms with Gasteiger partial charge in [-0.25, -0.2) is 9.78 Å². The van der Waals surface area contributed by atoms with Gasteiger partial charge >= 0.3 is 12.1 Å². The van der Waals surface area contributed by atoms with Gasteiger partial charge in [-0.2, -0.15) is 13.2 Å². The Bertz CT molecular complexity index is 1290. The van der Waals surface area contributed by atoms with E-state index in [2.05, 4.69) is 35.0 Å². The third-order valence-corrected chi connectivity index (χ3v) is 5.78. The van der Waals surface area contributed by atoms with Crippen molar-refractivity contribution in [2.24, 2.45) is 5.73 Å². The van der Waals surface area contributed by atoms with Crippen molar-refractivity contribution in [3.8, 4) is 11.8 Å². The fraction of sp³-hybridized carbons (Fsp3) is 0.269. The van der Waals surface area contributed by atoms with E-state index in [0.29, 0.717) is 42.2 Å². The molecule has 1 aliphatic rings. The maximum Gasteiger partial charge on any atom is 0.490 e. The van der Waals surface area contributed by atoms with Crippen molar-refractivity contribution in [2.75, 3.05) is 13.1 Å². The first-order valence-corrected chi connectivity index (χ1v) is 11.6. The van der Waals surface area contributed by atoms with Crippen LogP contribution in [0, 0.1) is 11.8 Å². The number of hydrogen-bond acceptors (Lipinski definition) is 5. The highest BCUT2D eigenvalue weighted by Gasteiger charge is 2.38. The van der Waals surface area contributed by atoms with Gasteiger partial charge < -0.3 is 20.2 Å². The molecule has 3 heterocycles. The number of furan rings is 1. The normalized spacial score (nSPS) is 13.7. The van der Waals surface area contributed by atoms with Crippen molar-refractivity contribution < 1.29 is 32.3 Å². The Morgan fingerprint density at radius 3 is 2.43 bits per heavy atom. The molecule has 0 atom stereocenters. The summed E-state index contributed by atoms with van der Waals surface area (Å²) in [6, 6.07) is 15.3. The van der Waals surface area contributed by atoms with Crippen molar-refractivity contribution in [3.63, 3.8) is 0 Å². The zero-order valence-electron chi connectivity index (χ0n) is 19.5. The van der Waals surface area contributed by atoms with Crippen LogP contribution in [0.1, 0.15) is 51.8 Å². The molecule has 1 fully saturated rings. The van der Waals surface area contributed by atoms with E-state index in [4.69, 9.17) is 31.7 Å². The Morgan fingerprint density at radius 1 is 1.14 bits per heavy atom. The molecule has 0 spiro atoms. The number of aliphatic carboxylic acids is 1. The van der Waals surface area contributed by atoms with Crippen LogP contribution in [0.15, 0.2) is 59.1 Å². The number of carbonyl (C=O) groups is 2. The molecule has 37 heavy (non-hydrogen) atoms. The lowest BCUT2D eigenvalue weighted by molar-refractivity contribution is -0.192. The van der Waals surface area contributed by atoms with Crippen LogP contribution in [0.4, 0.5) is 13.2 Å². The van der Waals surface area contributed by atoms with Crippen LogP contribution < -0.4 is 5.73 Å². The summed E-state index contributed by atoms with van der Waals surface area (Å²) in [5.41, 5.74) is 8.93. The molecule has 0 radical (unpaired) electrons. The SMILES string of the molecule is NCc1cccc(C2CCN(C(=O)c3ccc(C#Cc4ccc(Cl)nc4)o3)CC2)c1.O=C(O)C(F)(F)F. The van der Waals surface area contributed by atoms with Gasteiger partial charge in [0.15, 0.2) is 11.5 Å². The highest BCUT2D eigenvalue weighted by molar-refractivity contribution is 6.29. The largest absolute Gasteiger partial charge is 0.490 e. The number of carbonyl (C=O) groups excluding carboxylic acids is 1. The first-order chi connectivity index (χ1) is 17.6. The lowest BCUT2D eigenvalue weighted by atomic mass is 9.88. The van der Waals surface area contributed by atoms with E-state index in [9.17, 15) is 18.0 Å². The molecular weight excluding hydrogens is 511 g/mol. The van der Waals surface area contributed by atoms with E-state index in [1.165, 1.54) is 5.56 Å². The van der Waals surface area contributed by atoms with Crippen LogP contribution in [-0.4, -0.2) is 46.1 Å². The molecule has 1 aromatic carbocycles. The number of alkyl halides is 3. The molecule has 0 unspecified atom stereocenters. The maximum atomic E-state index is 12.8. The molecule has 0 aliphatic carbocycles. The van der Waals surface area contributed by atoms with Crippen LogP contribution in [0.25, 0.3) is 0 Å². The highest BCUT2D eigenvalue weighted by atomic mass is 35.5. The molecule has 3 aromatic rings. The average Bonchev–Trinajstić information content (AvgIpc) is 3.37.